The first-order chi connectivity index (χ1) is 7.79. The number of rotatable bonds is 7. The quantitative estimate of drug-likeness (QED) is 0.626. The molecule has 6 heteroatoms. The van der Waals surface area contributed by atoms with E-state index in [0.717, 1.165) is 26.3 Å². The van der Waals surface area contributed by atoms with Crippen molar-refractivity contribution in [2.75, 3.05) is 46.1 Å². The molecule has 0 N–H and O–H groups in total. The van der Waals surface area contributed by atoms with E-state index in [2.05, 4.69) is 4.57 Å². The predicted molar refractivity (Wildman–Crippen MR) is 63.0 cm³/mol. The van der Waals surface area contributed by atoms with Crippen LogP contribution in [0.2, 0.25) is 0 Å². The third kappa shape index (κ3) is 3.51. The Kier molecular flexibility index (Phi) is 6.48. The Morgan fingerprint density at radius 1 is 0.938 bits per heavy atom. The van der Waals surface area contributed by atoms with E-state index in [0.29, 0.717) is 19.8 Å². The summed E-state index contributed by atoms with van der Waals surface area (Å²) >= 11 is 0. The van der Waals surface area contributed by atoms with E-state index in [1.807, 2.05) is 20.8 Å². The lowest BCUT2D eigenvalue weighted by molar-refractivity contribution is -0.0205. The van der Waals surface area contributed by atoms with E-state index in [4.69, 9.17) is 18.0 Å². The molecular weight excluding hydrogens is 226 g/mol. The number of hydrogen-bond donors (Lipinski definition) is 0. The summed E-state index contributed by atoms with van der Waals surface area (Å²) in [5.74, 6) is 0. The average Bonchev–Trinajstić information content (AvgIpc) is 2.31. The molecule has 0 unspecified atom stereocenters. The summed E-state index contributed by atoms with van der Waals surface area (Å²) < 4.78 is 25.0. The van der Waals surface area contributed by atoms with Crippen LogP contribution in [-0.2, 0) is 18.0 Å². The molecule has 0 aromatic rings. The molecule has 5 nitrogen and oxygen atoms in total. The topological polar surface area (TPSA) is 40.2 Å². The zero-order valence-electron chi connectivity index (χ0n) is 10.5. The Hall–Kier alpha value is 0.0169. The van der Waals surface area contributed by atoms with Crippen molar-refractivity contribution >= 4 is 8.97 Å². The van der Waals surface area contributed by atoms with Crippen molar-refractivity contribution in [1.29, 1.82) is 0 Å². The zero-order valence-corrected chi connectivity index (χ0v) is 11.5. The maximum absolute atomic E-state index is 5.81. The summed E-state index contributed by atoms with van der Waals surface area (Å²) in [7, 11) is -2.64. The Morgan fingerprint density at radius 2 is 1.38 bits per heavy atom. The lowest BCUT2D eigenvalue weighted by atomic mass is 10.5. The molecule has 0 atom stereocenters. The number of morpholine rings is 1. The van der Waals surface area contributed by atoms with E-state index >= 15 is 0 Å². The van der Waals surface area contributed by atoms with Crippen LogP contribution in [0.1, 0.15) is 20.8 Å². The summed E-state index contributed by atoms with van der Waals surface area (Å²) in [4.78, 5) is 0. The molecule has 0 amide bonds. The lowest BCUT2D eigenvalue weighted by Crippen LogP contribution is -2.63. The van der Waals surface area contributed by atoms with Crippen molar-refractivity contribution in [1.82, 2.24) is 4.57 Å². The third-order valence-corrected chi connectivity index (χ3v) is 5.56. The first-order valence-electron chi connectivity index (χ1n) is 6.03. The molecule has 1 aliphatic rings. The highest BCUT2D eigenvalue weighted by molar-refractivity contribution is 6.57. The van der Waals surface area contributed by atoms with Gasteiger partial charge in [0.15, 0.2) is 0 Å². The normalized spacial score (nSPS) is 18.9. The minimum Gasteiger partial charge on any atom is -0.379 e. The Bertz CT molecular complexity index is 171. The van der Waals surface area contributed by atoms with Gasteiger partial charge in [-0.3, -0.25) is 4.57 Å². The summed E-state index contributed by atoms with van der Waals surface area (Å²) in [5, 5.41) is 0. The van der Waals surface area contributed by atoms with Crippen molar-refractivity contribution in [3.63, 3.8) is 0 Å². The van der Waals surface area contributed by atoms with Gasteiger partial charge in [0.1, 0.15) is 0 Å². The van der Waals surface area contributed by atoms with Gasteiger partial charge in [-0.1, -0.05) is 0 Å². The molecule has 0 saturated carbocycles. The van der Waals surface area contributed by atoms with Crippen LogP contribution >= 0.6 is 0 Å². The van der Waals surface area contributed by atoms with Crippen molar-refractivity contribution < 1.29 is 18.0 Å². The van der Waals surface area contributed by atoms with Gasteiger partial charge in [-0.2, -0.15) is 0 Å². The van der Waals surface area contributed by atoms with E-state index in [1.165, 1.54) is 0 Å². The largest absolute Gasteiger partial charge is 0.599 e. The molecule has 1 aliphatic heterocycles. The van der Waals surface area contributed by atoms with Crippen LogP contribution < -0.4 is 0 Å². The Balaban J connectivity index is 2.70. The van der Waals surface area contributed by atoms with Gasteiger partial charge in [0, 0.05) is 32.9 Å². The summed E-state index contributed by atoms with van der Waals surface area (Å²) in [6.07, 6.45) is 0. The minimum atomic E-state index is -2.64. The molecule has 0 radical (unpaired) electrons. The van der Waals surface area contributed by atoms with Crippen LogP contribution in [-0.4, -0.2) is 59.7 Å². The molecule has 1 fully saturated rings. The molecule has 0 bridgehead atoms. The highest BCUT2D eigenvalue weighted by Crippen LogP contribution is 2.17. The molecule has 1 rings (SSSR count). The van der Waals surface area contributed by atoms with Crippen LogP contribution in [0.5, 0.6) is 0 Å². The van der Waals surface area contributed by atoms with E-state index in [-0.39, 0.29) is 0 Å². The molecular formula is C10H23NO4Si. The van der Waals surface area contributed by atoms with Crippen LogP contribution in [0, 0.1) is 0 Å². The smallest absolute Gasteiger partial charge is 0.379 e. The van der Waals surface area contributed by atoms with Gasteiger partial charge in [0.25, 0.3) is 0 Å². The van der Waals surface area contributed by atoms with Crippen molar-refractivity contribution in [2.45, 2.75) is 20.8 Å². The van der Waals surface area contributed by atoms with Gasteiger partial charge in [-0.15, -0.1) is 0 Å². The highest BCUT2D eigenvalue weighted by Gasteiger charge is 2.48. The van der Waals surface area contributed by atoms with Gasteiger partial charge < -0.3 is 18.0 Å². The van der Waals surface area contributed by atoms with Gasteiger partial charge >= 0.3 is 8.97 Å². The number of ether oxygens (including phenoxy) is 1. The third-order valence-electron chi connectivity index (χ3n) is 2.38. The molecule has 1 saturated heterocycles. The molecule has 1 heterocycles. The predicted octanol–water partition coefficient (Wildman–Crippen LogP) is 0.864. The SMILES string of the molecule is CCO[Si](OCC)(OCC)N1CCOCC1. The van der Waals surface area contributed by atoms with Crippen LogP contribution in [0.3, 0.4) is 0 Å². The number of hydrogen-bond acceptors (Lipinski definition) is 5. The second-order valence-corrected chi connectivity index (χ2v) is 5.97. The van der Waals surface area contributed by atoms with E-state index < -0.39 is 8.97 Å². The molecule has 0 aromatic heterocycles. The molecule has 0 aromatic carbocycles. The fourth-order valence-corrected chi connectivity index (χ4v) is 4.41. The van der Waals surface area contributed by atoms with Crippen molar-refractivity contribution in [3.8, 4) is 0 Å². The zero-order chi connectivity index (χ0) is 11.9. The van der Waals surface area contributed by atoms with Gasteiger partial charge in [-0.05, 0) is 20.8 Å². The second kappa shape index (κ2) is 7.36. The Labute approximate surface area is 99.1 Å². The van der Waals surface area contributed by atoms with Gasteiger partial charge in [0.05, 0.1) is 13.2 Å². The van der Waals surface area contributed by atoms with Gasteiger partial charge in [0.2, 0.25) is 0 Å². The van der Waals surface area contributed by atoms with Gasteiger partial charge in [-0.25, -0.2) is 0 Å². The first-order valence-corrected chi connectivity index (χ1v) is 7.71. The van der Waals surface area contributed by atoms with Crippen molar-refractivity contribution in [2.24, 2.45) is 0 Å². The Morgan fingerprint density at radius 3 is 1.75 bits per heavy atom. The highest BCUT2D eigenvalue weighted by atomic mass is 28.4. The van der Waals surface area contributed by atoms with E-state index in [1.54, 1.807) is 0 Å². The number of nitrogens with zero attached hydrogens (tertiary/aromatic N) is 1. The maximum atomic E-state index is 5.81. The fourth-order valence-electron chi connectivity index (χ4n) is 1.78. The summed E-state index contributed by atoms with van der Waals surface area (Å²) in [6, 6.07) is 0. The fraction of sp³-hybridized carbons (Fsp3) is 1.00. The molecule has 0 spiro atoms. The maximum Gasteiger partial charge on any atom is 0.599 e. The molecule has 0 aliphatic carbocycles. The summed E-state index contributed by atoms with van der Waals surface area (Å²) in [6.45, 7) is 10.9. The standard InChI is InChI=1S/C10H23NO4Si/c1-4-13-16(14-5-2,15-6-3)11-7-9-12-10-8-11/h4-10H2,1-3H3. The van der Waals surface area contributed by atoms with E-state index in [9.17, 15) is 0 Å². The first kappa shape index (κ1) is 14.1. The summed E-state index contributed by atoms with van der Waals surface area (Å²) in [5.41, 5.74) is 0. The molecule has 96 valence electrons. The van der Waals surface area contributed by atoms with Crippen LogP contribution in [0.4, 0.5) is 0 Å². The van der Waals surface area contributed by atoms with Crippen LogP contribution in [0.15, 0.2) is 0 Å². The lowest BCUT2D eigenvalue weighted by Gasteiger charge is -2.39. The second-order valence-electron chi connectivity index (χ2n) is 3.42. The van der Waals surface area contributed by atoms with Crippen LogP contribution in [0.25, 0.3) is 0 Å². The molecule has 16 heavy (non-hydrogen) atoms. The average molecular weight is 249 g/mol. The van der Waals surface area contributed by atoms with Crippen molar-refractivity contribution in [3.05, 3.63) is 0 Å². The monoisotopic (exact) mass is 249 g/mol. The minimum absolute atomic E-state index is 0.615.